The average molecular weight is 431 g/mol. The summed E-state index contributed by atoms with van der Waals surface area (Å²) in [6.45, 7) is 2.59. The summed E-state index contributed by atoms with van der Waals surface area (Å²) in [5, 5.41) is 9.26. The van der Waals surface area contributed by atoms with Crippen molar-refractivity contribution in [1.82, 2.24) is 4.90 Å². The van der Waals surface area contributed by atoms with E-state index in [9.17, 15) is 9.90 Å². The van der Waals surface area contributed by atoms with Crippen LogP contribution in [0.2, 0.25) is 0 Å². The maximum atomic E-state index is 12.0. The van der Waals surface area contributed by atoms with Gasteiger partial charge in [0.2, 0.25) is 5.91 Å². The fourth-order valence-corrected chi connectivity index (χ4v) is 2.40. The van der Waals surface area contributed by atoms with Gasteiger partial charge < -0.3 is 10.0 Å². The zero-order valence-corrected chi connectivity index (χ0v) is 15.1. The predicted octanol–water partition coefficient (Wildman–Crippen LogP) is 2.59. The van der Waals surface area contributed by atoms with Crippen molar-refractivity contribution in [2.45, 2.75) is 17.3 Å². The third kappa shape index (κ3) is 3.33. The Morgan fingerprint density at radius 3 is 2.61 bits per heavy atom. The fourth-order valence-electron chi connectivity index (χ4n) is 1.84. The van der Waals surface area contributed by atoms with Crippen molar-refractivity contribution in [3.05, 3.63) is 35.9 Å². The number of carbonyl (C=O) groups is 1. The number of carbonyl (C=O) groups excluding carboxylic acids is 1. The Labute approximate surface area is 146 Å². The van der Waals surface area contributed by atoms with Crippen molar-refractivity contribution < 1.29 is 42.6 Å². The summed E-state index contributed by atoms with van der Waals surface area (Å²) < 4.78 is -0.0200. The van der Waals surface area contributed by atoms with Crippen molar-refractivity contribution >= 4 is 34.2 Å². The van der Waals surface area contributed by atoms with Gasteiger partial charge in [-0.1, -0.05) is 29.0 Å². The Bertz CT molecular complexity index is 459. The van der Waals surface area contributed by atoms with E-state index in [0.29, 0.717) is 13.0 Å². The zero-order valence-electron chi connectivity index (χ0n) is 10.1. The molecule has 0 saturated heterocycles. The van der Waals surface area contributed by atoms with Crippen molar-refractivity contribution in [3.63, 3.8) is 0 Å². The smallest absolute Gasteiger partial charge is 0.235 e. The molecule has 1 aromatic carbocycles. The van der Waals surface area contributed by atoms with E-state index >= 15 is 0 Å². The van der Waals surface area contributed by atoms with E-state index in [1.807, 2.05) is 6.92 Å². The molecule has 0 bridgehead atoms. The first-order valence-corrected chi connectivity index (χ1v) is 6.73. The molecule has 5 heteroatoms. The van der Waals surface area contributed by atoms with Crippen LogP contribution in [-0.4, -0.2) is 26.4 Å². The minimum atomic E-state index is -0.0200. The maximum Gasteiger partial charge on any atom is 0.235 e. The van der Waals surface area contributed by atoms with Crippen LogP contribution in [0, 0.1) is 6.08 Å². The van der Waals surface area contributed by atoms with E-state index in [2.05, 4.69) is 28.7 Å². The van der Waals surface area contributed by atoms with Crippen LogP contribution in [-0.2, 0) is 37.5 Å². The van der Waals surface area contributed by atoms with Crippen LogP contribution < -0.4 is 0 Å². The van der Waals surface area contributed by atoms with E-state index in [0.717, 1.165) is 11.3 Å². The summed E-state index contributed by atoms with van der Waals surface area (Å²) in [5.74, 6) is 0.362. The quantitative estimate of drug-likeness (QED) is 0.445. The summed E-state index contributed by atoms with van der Waals surface area (Å²) in [5.41, 5.74) is 1.74. The number of phenols is 1. The molecule has 18 heavy (non-hydrogen) atoms. The van der Waals surface area contributed by atoms with Gasteiger partial charge in [-0.05, 0) is 19.1 Å². The molecule has 3 nitrogen and oxygen atoms in total. The minimum absolute atomic E-state index is 0. The number of allylic oxidation sites excluding steroid dienone is 1. The molecule has 1 unspecified atom stereocenters. The standard InChI is InChI=1S/C13H13INO2.Y/c1-2-15-12(8-7-11(14)13(15)17)9-3-5-10(16)6-4-9;/h3-6,11,16H,2,7H2,1H3;/q-1;. The van der Waals surface area contributed by atoms with Crippen molar-refractivity contribution in [3.8, 4) is 5.75 Å². The number of aromatic hydroxyl groups is 1. The van der Waals surface area contributed by atoms with E-state index < -0.39 is 0 Å². The third-order valence-electron chi connectivity index (χ3n) is 2.71. The molecule has 1 aliphatic rings. The van der Waals surface area contributed by atoms with Crippen LogP contribution in [0.5, 0.6) is 5.75 Å². The number of benzene rings is 1. The van der Waals surface area contributed by atoms with E-state index in [4.69, 9.17) is 0 Å². The molecule has 1 heterocycles. The molecular formula is C13H13INO2Y-. The Kier molecular flexibility index (Phi) is 6.28. The van der Waals surface area contributed by atoms with Gasteiger partial charge in [0.25, 0.3) is 0 Å². The van der Waals surface area contributed by atoms with Crippen LogP contribution in [0.4, 0.5) is 0 Å². The zero-order chi connectivity index (χ0) is 12.4. The molecule has 93 valence electrons. The van der Waals surface area contributed by atoms with Gasteiger partial charge in [0.15, 0.2) is 0 Å². The Morgan fingerprint density at radius 1 is 1.44 bits per heavy atom. The van der Waals surface area contributed by atoms with E-state index in [1.165, 1.54) is 0 Å². The van der Waals surface area contributed by atoms with Gasteiger partial charge in [0.05, 0.1) is 3.92 Å². The first-order chi connectivity index (χ1) is 8.13. The Hall–Kier alpha value is 0.0639. The second kappa shape index (κ2) is 7.01. The fraction of sp³-hybridized carbons (Fsp3) is 0.308. The first-order valence-electron chi connectivity index (χ1n) is 5.49. The summed E-state index contributed by atoms with van der Waals surface area (Å²) >= 11 is 2.15. The number of alkyl halides is 1. The van der Waals surface area contributed by atoms with Gasteiger partial charge in [-0.2, -0.15) is 5.56 Å². The first kappa shape index (κ1) is 16.1. The largest absolute Gasteiger partial charge is 0.508 e. The molecule has 1 aromatic rings. The van der Waals surface area contributed by atoms with Crippen LogP contribution >= 0.6 is 22.6 Å². The summed E-state index contributed by atoms with van der Waals surface area (Å²) in [4.78, 5) is 13.8. The molecule has 0 aromatic heterocycles. The number of amides is 1. The molecule has 0 aliphatic carbocycles. The van der Waals surface area contributed by atoms with Crippen LogP contribution in [0.3, 0.4) is 0 Å². The van der Waals surface area contributed by atoms with Gasteiger partial charge in [-0.15, -0.1) is 17.8 Å². The molecule has 1 atom stereocenters. The number of phenolic OH excluding ortho intramolecular Hbond substituents is 1. The van der Waals surface area contributed by atoms with Gasteiger partial charge >= 0.3 is 0 Å². The third-order valence-corrected chi connectivity index (χ3v) is 3.68. The van der Waals surface area contributed by atoms with Gasteiger partial charge in [-0.25, -0.2) is 6.08 Å². The molecule has 1 N–H and O–H groups in total. The maximum absolute atomic E-state index is 12.0. The second-order valence-electron chi connectivity index (χ2n) is 3.83. The normalized spacial score (nSPS) is 19.2. The average Bonchev–Trinajstić information content (AvgIpc) is 2.34. The molecule has 1 aliphatic heterocycles. The number of rotatable bonds is 2. The Balaban J connectivity index is 0.00000162. The molecular weight excluding hydrogens is 418 g/mol. The number of halogens is 1. The molecule has 1 radical (unpaired) electrons. The topological polar surface area (TPSA) is 40.5 Å². The Morgan fingerprint density at radius 2 is 2.06 bits per heavy atom. The minimum Gasteiger partial charge on any atom is -0.508 e. The molecule has 0 spiro atoms. The molecule has 0 fully saturated rings. The summed E-state index contributed by atoms with van der Waals surface area (Å²) in [6, 6.07) is 6.86. The van der Waals surface area contributed by atoms with E-state index in [-0.39, 0.29) is 48.3 Å². The van der Waals surface area contributed by atoms with Crippen molar-refractivity contribution in [2.24, 2.45) is 0 Å². The van der Waals surface area contributed by atoms with Crippen LogP contribution in [0.15, 0.2) is 24.3 Å². The number of hydrogen-bond acceptors (Lipinski definition) is 2. The van der Waals surface area contributed by atoms with Crippen molar-refractivity contribution in [1.29, 1.82) is 0 Å². The van der Waals surface area contributed by atoms with Gasteiger partial charge in [0, 0.05) is 39.3 Å². The van der Waals surface area contributed by atoms with Crippen molar-refractivity contribution in [2.75, 3.05) is 6.54 Å². The molecule has 2 rings (SSSR count). The van der Waals surface area contributed by atoms with Crippen LogP contribution in [0.25, 0.3) is 5.70 Å². The molecule has 1 amide bonds. The van der Waals surface area contributed by atoms with Crippen LogP contribution in [0.1, 0.15) is 18.9 Å². The monoisotopic (exact) mass is 431 g/mol. The van der Waals surface area contributed by atoms with Gasteiger partial charge in [0.1, 0.15) is 5.75 Å². The molecule has 0 saturated carbocycles. The number of hydrogen-bond donors (Lipinski definition) is 1. The number of nitrogens with zero attached hydrogens (tertiary/aromatic N) is 1. The second-order valence-corrected chi connectivity index (χ2v) is 5.33. The predicted molar refractivity (Wildman–Crippen MR) is 74.6 cm³/mol. The van der Waals surface area contributed by atoms with E-state index in [1.54, 1.807) is 29.2 Å². The summed E-state index contributed by atoms with van der Waals surface area (Å²) in [7, 11) is 0. The SMILES string of the molecule is CCN1C(=O)C(I)C[C-]=C1c1ccc(O)cc1.[Y]. The van der Waals surface area contributed by atoms with Gasteiger partial charge in [-0.3, -0.25) is 4.79 Å². The summed E-state index contributed by atoms with van der Waals surface area (Å²) in [6.07, 6.45) is 3.91.